The number of hydrogen-bond acceptors (Lipinski definition) is 3. The summed E-state index contributed by atoms with van der Waals surface area (Å²) in [6, 6.07) is 0. The van der Waals surface area contributed by atoms with E-state index < -0.39 is 18.2 Å². The van der Waals surface area contributed by atoms with E-state index in [1.807, 2.05) is 0 Å². The van der Waals surface area contributed by atoms with Gasteiger partial charge in [-0.25, -0.2) is 4.79 Å². The van der Waals surface area contributed by atoms with Crippen LogP contribution in [0.15, 0.2) is 0 Å². The Morgan fingerprint density at radius 2 is 2.00 bits per heavy atom. The molecule has 3 N–H and O–H groups in total. The van der Waals surface area contributed by atoms with Crippen LogP contribution in [0.1, 0.15) is 0 Å². The monoisotopic (exact) mass is 130 g/mol. The maximum absolute atomic E-state index is 9.79. The van der Waals surface area contributed by atoms with Gasteiger partial charge < -0.3 is 15.3 Å². The zero-order chi connectivity index (χ0) is 7.44. The summed E-state index contributed by atoms with van der Waals surface area (Å²) in [7, 11) is 0. The van der Waals surface area contributed by atoms with Gasteiger partial charge in [0.25, 0.3) is 0 Å². The number of aliphatic carboxylic acids is 1. The molecule has 0 aliphatic rings. The number of hydrogen-bond donors (Lipinski definition) is 3. The molecule has 0 unspecified atom stereocenters. The van der Waals surface area contributed by atoms with Gasteiger partial charge in [0, 0.05) is 0 Å². The minimum absolute atomic E-state index is 1.53. The smallest absolute Gasteiger partial charge is 0.336 e. The molecule has 9 heavy (non-hydrogen) atoms. The van der Waals surface area contributed by atoms with E-state index in [1.165, 1.54) is 0 Å². The summed E-state index contributed by atoms with van der Waals surface area (Å²) in [5.74, 6) is 0.143. The molecular weight excluding hydrogens is 124 g/mol. The van der Waals surface area contributed by atoms with Crippen molar-refractivity contribution in [3.8, 4) is 12.3 Å². The molecule has 50 valence electrons. The zero-order valence-electron chi connectivity index (χ0n) is 4.48. The Hall–Kier alpha value is -1.05. The van der Waals surface area contributed by atoms with Gasteiger partial charge in [0.05, 0.1) is 0 Å². The molecule has 0 aromatic rings. The normalized spacial score (nSPS) is 15.7. The first-order chi connectivity index (χ1) is 4.09. The molecule has 4 nitrogen and oxygen atoms in total. The Morgan fingerprint density at radius 1 is 1.56 bits per heavy atom. The second kappa shape index (κ2) is 3.07. The molecule has 0 heterocycles. The predicted molar refractivity (Wildman–Crippen MR) is 28.5 cm³/mol. The molecule has 0 saturated heterocycles. The molecule has 2 atom stereocenters. The zero-order valence-corrected chi connectivity index (χ0v) is 4.48. The number of rotatable bonds is 2. The summed E-state index contributed by atoms with van der Waals surface area (Å²) in [6.07, 6.45) is 1.09. The van der Waals surface area contributed by atoms with Crippen molar-refractivity contribution in [3.05, 3.63) is 0 Å². The molecule has 4 heteroatoms. The highest BCUT2D eigenvalue weighted by Crippen LogP contribution is 1.89. The number of carboxylic acid groups (broad SMARTS) is 1. The molecular formula is C5H6O4. The van der Waals surface area contributed by atoms with Gasteiger partial charge in [0.2, 0.25) is 0 Å². The Labute approximate surface area is 51.7 Å². The maximum Gasteiger partial charge on any atom is 0.336 e. The quantitative estimate of drug-likeness (QED) is 0.394. The first-order valence-corrected chi connectivity index (χ1v) is 2.14. The fraction of sp³-hybridized carbons (Fsp3) is 0.400. The fourth-order valence-corrected chi connectivity index (χ4v) is 0.226. The van der Waals surface area contributed by atoms with E-state index in [1.54, 1.807) is 5.92 Å². The van der Waals surface area contributed by atoms with Crippen molar-refractivity contribution in [1.82, 2.24) is 0 Å². The molecule has 0 bridgehead atoms. The molecule has 0 radical (unpaired) electrons. The Balaban J connectivity index is 3.91. The second-order valence-electron chi connectivity index (χ2n) is 1.39. The van der Waals surface area contributed by atoms with Crippen LogP contribution in [0.4, 0.5) is 0 Å². The summed E-state index contributed by atoms with van der Waals surface area (Å²) in [5.41, 5.74) is 0. The topological polar surface area (TPSA) is 77.8 Å². The highest BCUT2D eigenvalue weighted by Gasteiger charge is 2.20. The Bertz CT molecular complexity index is 146. The highest BCUT2D eigenvalue weighted by atomic mass is 16.4. The van der Waals surface area contributed by atoms with E-state index >= 15 is 0 Å². The van der Waals surface area contributed by atoms with E-state index in [0.29, 0.717) is 0 Å². The molecule has 0 saturated carbocycles. The SMILES string of the molecule is C#C[C@@H](O)[C@@H](O)C(=O)O. The van der Waals surface area contributed by atoms with Crippen LogP contribution >= 0.6 is 0 Å². The van der Waals surface area contributed by atoms with Gasteiger partial charge >= 0.3 is 5.97 Å². The summed E-state index contributed by atoms with van der Waals surface area (Å²) in [4.78, 5) is 9.79. The lowest BCUT2D eigenvalue weighted by Crippen LogP contribution is -2.32. The fourth-order valence-electron chi connectivity index (χ4n) is 0.226. The van der Waals surface area contributed by atoms with Gasteiger partial charge in [-0.3, -0.25) is 0 Å². The molecule has 0 aromatic carbocycles. The van der Waals surface area contributed by atoms with Gasteiger partial charge in [0.1, 0.15) is 0 Å². The number of terminal acetylenes is 1. The van der Waals surface area contributed by atoms with Crippen molar-refractivity contribution in [1.29, 1.82) is 0 Å². The molecule has 0 rings (SSSR count). The molecule has 0 amide bonds. The van der Waals surface area contributed by atoms with Crippen molar-refractivity contribution in [2.75, 3.05) is 0 Å². The lowest BCUT2D eigenvalue weighted by molar-refractivity contribution is -0.150. The third kappa shape index (κ3) is 2.13. The van der Waals surface area contributed by atoms with Crippen LogP contribution in [0.3, 0.4) is 0 Å². The van der Waals surface area contributed by atoms with Crippen molar-refractivity contribution >= 4 is 5.97 Å². The van der Waals surface area contributed by atoms with Crippen molar-refractivity contribution < 1.29 is 20.1 Å². The first kappa shape index (κ1) is 7.95. The van der Waals surface area contributed by atoms with Crippen LogP contribution in [-0.2, 0) is 4.79 Å². The van der Waals surface area contributed by atoms with Crippen LogP contribution in [0.2, 0.25) is 0 Å². The summed E-state index contributed by atoms with van der Waals surface area (Å²) in [6.45, 7) is 0. The minimum atomic E-state index is -1.88. The summed E-state index contributed by atoms with van der Waals surface area (Å²) >= 11 is 0. The standard InChI is InChI=1S/C5H6O4/c1-2-3(6)4(7)5(8)9/h1,3-4,6-7H,(H,8,9)/t3-,4-/m1/s1. The van der Waals surface area contributed by atoms with E-state index in [9.17, 15) is 4.79 Å². The summed E-state index contributed by atoms with van der Waals surface area (Å²) in [5, 5.41) is 24.8. The number of carbonyl (C=O) groups is 1. The molecule has 0 spiro atoms. The second-order valence-corrected chi connectivity index (χ2v) is 1.39. The van der Waals surface area contributed by atoms with Gasteiger partial charge in [-0.2, -0.15) is 0 Å². The number of carboxylic acids is 1. The van der Waals surface area contributed by atoms with Gasteiger partial charge in [-0.1, -0.05) is 5.92 Å². The Kier molecular flexibility index (Phi) is 2.71. The largest absolute Gasteiger partial charge is 0.479 e. The van der Waals surface area contributed by atoms with Crippen molar-refractivity contribution in [2.45, 2.75) is 12.2 Å². The molecule has 0 aromatic heterocycles. The predicted octanol–water partition coefficient (Wildman–Crippen LogP) is -1.57. The third-order valence-electron chi connectivity index (χ3n) is 0.723. The number of aliphatic hydroxyl groups is 2. The van der Waals surface area contributed by atoms with Gasteiger partial charge in [-0.05, 0) is 0 Å². The van der Waals surface area contributed by atoms with Crippen molar-refractivity contribution in [3.63, 3.8) is 0 Å². The van der Waals surface area contributed by atoms with E-state index in [0.717, 1.165) is 0 Å². The lowest BCUT2D eigenvalue weighted by atomic mass is 10.2. The average molecular weight is 130 g/mol. The van der Waals surface area contributed by atoms with E-state index in [4.69, 9.17) is 15.3 Å². The van der Waals surface area contributed by atoms with Gasteiger partial charge in [0.15, 0.2) is 12.2 Å². The maximum atomic E-state index is 9.79. The molecule has 0 fully saturated rings. The van der Waals surface area contributed by atoms with Gasteiger partial charge in [-0.15, -0.1) is 6.42 Å². The first-order valence-electron chi connectivity index (χ1n) is 2.14. The molecule has 0 aliphatic carbocycles. The van der Waals surface area contributed by atoms with Crippen LogP contribution in [0.5, 0.6) is 0 Å². The summed E-state index contributed by atoms with van der Waals surface area (Å²) < 4.78 is 0. The van der Waals surface area contributed by atoms with E-state index in [-0.39, 0.29) is 0 Å². The van der Waals surface area contributed by atoms with Crippen LogP contribution in [0.25, 0.3) is 0 Å². The van der Waals surface area contributed by atoms with Crippen molar-refractivity contribution in [2.24, 2.45) is 0 Å². The van der Waals surface area contributed by atoms with Crippen LogP contribution in [-0.4, -0.2) is 33.5 Å². The van der Waals surface area contributed by atoms with E-state index in [2.05, 4.69) is 6.42 Å². The lowest BCUT2D eigenvalue weighted by Gasteiger charge is -2.05. The highest BCUT2D eigenvalue weighted by molar-refractivity contribution is 5.73. The third-order valence-corrected chi connectivity index (χ3v) is 0.723. The van der Waals surface area contributed by atoms with Crippen LogP contribution in [0, 0.1) is 12.3 Å². The Morgan fingerprint density at radius 3 is 2.11 bits per heavy atom. The molecule has 0 aliphatic heterocycles. The van der Waals surface area contributed by atoms with Crippen LogP contribution < -0.4 is 0 Å². The minimum Gasteiger partial charge on any atom is -0.479 e. The average Bonchev–Trinajstić information content (AvgIpc) is 1.84. The number of aliphatic hydroxyl groups excluding tert-OH is 2.